The highest BCUT2D eigenvalue weighted by atomic mass is 16.6. The summed E-state index contributed by atoms with van der Waals surface area (Å²) in [6, 6.07) is 0. The molecular weight excluding hydrogens is 400 g/mol. The van der Waals surface area contributed by atoms with Crippen molar-refractivity contribution in [1.82, 2.24) is 0 Å². The molecule has 4 rings (SSSR count). The summed E-state index contributed by atoms with van der Waals surface area (Å²) in [6.07, 6.45) is -1.90. The second kappa shape index (κ2) is 7.03. The second-order valence-electron chi connectivity index (χ2n) is 11.2. The van der Waals surface area contributed by atoms with E-state index < -0.39 is 58.7 Å². The van der Waals surface area contributed by atoms with E-state index in [4.69, 9.17) is 9.47 Å². The van der Waals surface area contributed by atoms with E-state index in [1.54, 1.807) is 0 Å². The molecule has 4 fully saturated rings. The van der Waals surface area contributed by atoms with Gasteiger partial charge in [-0.2, -0.15) is 0 Å². The van der Waals surface area contributed by atoms with E-state index in [2.05, 4.69) is 13.5 Å². The Balaban J connectivity index is 1.89. The van der Waals surface area contributed by atoms with Crippen LogP contribution in [0.5, 0.6) is 0 Å². The zero-order chi connectivity index (χ0) is 23.1. The Morgan fingerprint density at radius 1 is 1.03 bits per heavy atom. The van der Waals surface area contributed by atoms with Crippen molar-refractivity contribution < 1.29 is 34.4 Å². The molecule has 7 heteroatoms. The number of rotatable bonds is 2. The monoisotopic (exact) mass is 436 g/mol. The summed E-state index contributed by atoms with van der Waals surface area (Å²) in [5.41, 5.74) is -1.54. The summed E-state index contributed by atoms with van der Waals surface area (Å²) < 4.78 is 11.5. The van der Waals surface area contributed by atoms with Gasteiger partial charge in [0.1, 0.15) is 18.3 Å². The molecule has 0 aliphatic heterocycles. The van der Waals surface area contributed by atoms with Crippen LogP contribution < -0.4 is 0 Å². The van der Waals surface area contributed by atoms with Crippen LogP contribution in [0.2, 0.25) is 0 Å². The van der Waals surface area contributed by atoms with Gasteiger partial charge in [0.15, 0.2) is 0 Å². The number of fused-ring (bicyclic) bond motifs is 3. The zero-order valence-electron chi connectivity index (χ0n) is 19.1. The topological polar surface area (TPSA) is 113 Å². The Bertz CT molecular complexity index is 806. The molecule has 0 heterocycles. The molecule has 3 N–H and O–H groups in total. The number of hydrogen-bond acceptors (Lipinski definition) is 7. The number of aliphatic hydroxyl groups is 3. The standard InChI is InChI=1S/C24H36O7/c1-11-14-9-15(27)18-23(6)8-7-16(30-12(2)25)22(4,5)19(23)17(31-13(3)26)21(29)24(18,10-14)20(11)28/h14-21,27-29H,1,7-10H2,2-6H3. The normalized spacial score (nSPS) is 50.3. The summed E-state index contributed by atoms with van der Waals surface area (Å²) in [7, 11) is 0. The van der Waals surface area contributed by atoms with Crippen LogP contribution in [0.15, 0.2) is 12.2 Å². The summed E-state index contributed by atoms with van der Waals surface area (Å²) >= 11 is 0. The Labute approximate surface area is 183 Å². The molecule has 10 unspecified atom stereocenters. The third kappa shape index (κ3) is 2.89. The number of hydrogen-bond donors (Lipinski definition) is 3. The van der Waals surface area contributed by atoms with Gasteiger partial charge in [-0.25, -0.2) is 0 Å². The number of aliphatic hydroxyl groups excluding tert-OH is 3. The first-order valence-electron chi connectivity index (χ1n) is 11.4. The molecule has 2 bridgehead atoms. The first-order chi connectivity index (χ1) is 14.3. The van der Waals surface area contributed by atoms with Crippen molar-refractivity contribution in [3.8, 4) is 0 Å². The molecule has 4 aliphatic carbocycles. The van der Waals surface area contributed by atoms with Crippen molar-refractivity contribution in [2.75, 3.05) is 0 Å². The Morgan fingerprint density at radius 2 is 1.65 bits per heavy atom. The number of esters is 2. The van der Waals surface area contributed by atoms with Crippen LogP contribution in [0.25, 0.3) is 0 Å². The lowest BCUT2D eigenvalue weighted by Crippen LogP contribution is -2.74. The van der Waals surface area contributed by atoms with Crippen molar-refractivity contribution in [2.45, 2.75) is 90.8 Å². The van der Waals surface area contributed by atoms with Gasteiger partial charge in [0.25, 0.3) is 0 Å². The van der Waals surface area contributed by atoms with Gasteiger partial charge >= 0.3 is 11.9 Å². The minimum Gasteiger partial charge on any atom is -0.462 e. The first-order valence-corrected chi connectivity index (χ1v) is 11.4. The van der Waals surface area contributed by atoms with E-state index in [1.807, 2.05) is 13.8 Å². The maximum absolute atomic E-state index is 12.1. The van der Waals surface area contributed by atoms with Gasteiger partial charge in [-0.3, -0.25) is 9.59 Å². The summed E-state index contributed by atoms with van der Waals surface area (Å²) in [6.45, 7) is 12.8. The largest absolute Gasteiger partial charge is 0.462 e. The fraction of sp³-hybridized carbons (Fsp3) is 0.833. The van der Waals surface area contributed by atoms with E-state index in [1.165, 1.54) is 13.8 Å². The first kappa shape index (κ1) is 22.7. The highest BCUT2D eigenvalue weighted by molar-refractivity contribution is 5.67. The van der Waals surface area contributed by atoms with Crippen molar-refractivity contribution in [1.29, 1.82) is 0 Å². The van der Waals surface area contributed by atoms with Crippen LogP contribution in [0.3, 0.4) is 0 Å². The smallest absolute Gasteiger partial charge is 0.303 e. The summed E-state index contributed by atoms with van der Waals surface area (Å²) in [5, 5.41) is 34.4. The van der Waals surface area contributed by atoms with Crippen LogP contribution in [-0.2, 0) is 19.1 Å². The van der Waals surface area contributed by atoms with Crippen molar-refractivity contribution >= 4 is 11.9 Å². The maximum atomic E-state index is 12.1. The van der Waals surface area contributed by atoms with Gasteiger partial charge in [-0.05, 0) is 42.6 Å². The predicted molar refractivity (Wildman–Crippen MR) is 112 cm³/mol. The molecule has 1 spiro atoms. The number of ether oxygens (including phenoxy) is 2. The number of carbonyl (C=O) groups is 2. The van der Waals surface area contributed by atoms with Gasteiger partial charge in [0.2, 0.25) is 0 Å². The summed E-state index contributed by atoms with van der Waals surface area (Å²) in [5.74, 6) is -1.72. The van der Waals surface area contributed by atoms with Crippen LogP contribution >= 0.6 is 0 Å². The lowest BCUT2D eigenvalue weighted by atomic mass is 9.38. The molecule has 0 aromatic carbocycles. The van der Waals surface area contributed by atoms with Crippen LogP contribution in [-0.4, -0.2) is 57.8 Å². The zero-order valence-corrected chi connectivity index (χ0v) is 19.1. The fourth-order valence-electron chi connectivity index (χ4n) is 8.47. The second-order valence-corrected chi connectivity index (χ2v) is 11.2. The molecule has 31 heavy (non-hydrogen) atoms. The SMILES string of the molecule is C=C1C2CC(O)C3C4(C)CCC(OC(C)=O)C(C)(C)C4C(OC(C)=O)C(O)C3(C2)C1O. The van der Waals surface area contributed by atoms with Gasteiger partial charge in [0, 0.05) is 36.5 Å². The fourth-order valence-corrected chi connectivity index (χ4v) is 8.47. The van der Waals surface area contributed by atoms with Crippen LogP contribution in [0, 0.1) is 34.0 Å². The molecule has 0 radical (unpaired) electrons. The van der Waals surface area contributed by atoms with E-state index in [0.29, 0.717) is 31.3 Å². The average molecular weight is 437 g/mol. The molecule has 0 saturated heterocycles. The van der Waals surface area contributed by atoms with Gasteiger partial charge < -0.3 is 24.8 Å². The predicted octanol–water partition coefficient (Wildman–Crippen LogP) is 1.97. The van der Waals surface area contributed by atoms with Gasteiger partial charge in [-0.1, -0.05) is 27.4 Å². The third-order valence-electron chi connectivity index (χ3n) is 9.27. The van der Waals surface area contributed by atoms with E-state index in [0.717, 1.165) is 0 Å². The molecule has 4 saturated carbocycles. The van der Waals surface area contributed by atoms with E-state index in [9.17, 15) is 24.9 Å². The molecule has 0 aromatic heterocycles. The molecule has 0 amide bonds. The highest BCUT2D eigenvalue weighted by Crippen LogP contribution is 2.72. The van der Waals surface area contributed by atoms with Gasteiger partial charge in [0.05, 0.1) is 12.2 Å². The van der Waals surface area contributed by atoms with Crippen molar-refractivity contribution in [2.24, 2.45) is 34.0 Å². The molecule has 10 atom stereocenters. The van der Waals surface area contributed by atoms with Crippen LogP contribution in [0.1, 0.15) is 60.3 Å². The van der Waals surface area contributed by atoms with Crippen molar-refractivity contribution in [3.63, 3.8) is 0 Å². The lowest BCUT2D eigenvalue weighted by Gasteiger charge is -2.68. The molecule has 174 valence electrons. The summed E-state index contributed by atoms with van der Waals surface area (Å²) in [4.78, 5) is 23.9. The van der Waals surface area contributed by atoms with E-state index in [-0.39, 0.29) is 17.8 Å². The Hall–Kier alpha value is -1.44. The molecule has 4 aliphatic rings. The van der Waals surface area contributed by atoms with Crippen LogP contribution in [0.4, 0.5) is 0 Å². The maximum Gasteiger partial charge on any atom is 0.303 e. The molecule has 0 aromatic rings. The third-order valence-corrected chi connectivity index (χ3v) is 9.27. The quantitative estimate of drug-likeness (QED) is 0.448. The number of carbonyl (C=O) groups excluding carboxylic acids is 2. The molecule has 7 nitrogen and oxygen atoms in total. The Morgan fingerprint density at radius 3 is 2.23 bits per heavy atom. The van der Waals surface area contributed by atoms with E-state index >= 15 is 0 Å². The van der Waals surface area contributed by atoms with Gasteiger partial charge in [-0.15, -0.1) is 0 Å². The highest BCUT2D eigenvalue weighted by Gasteiger charge is 2.76. The minimum absolute atomic E-state index is 0.0700. The van der Waals surface area contributed by atoms with Crippen molar-refractivity contribution in [3.05, 3.63) is 12.2 Å². The lowest BCUT2D eigenvalue weighted by molar-refractivity contribution is -0.300. The Kier molecular flexibility index (Phi) is 5.16. The molecular formula is C24H36O7. The average Bonchev–Trinajstić information content (AvgIpc) is 2.83. The minimum atomic E-state index is -1.17.